The number of piperidine rings is 1. The molecule has 0 spiro atoms. The average molecular weight is 243 g/mol. The maximum absolute atomic E-state index is 9.58. The van der Waals surface area contributed by atoms with Crippen molar-refractivity contribution in [3.63, 3.8) is 0 Å². The topological polar surface area (TPSA) is 53.0 Å². The summed E-state index contributed by atoms with van der Waals surface area (Å²) < 4.78 is 0. The lowest BCUT2D eigenvalue weighted by Gasteiger charge is -2.40. The standard InChI is InChI=1S/C15H21N3/c1-2-14(17)18-10-8-15(12-16,9-11-18)13-6-4-3-5-7-13/h3-7,14H,2,8-11,17H2,1H3. The van der Waals surface area contributed by atoms with Crippen LogP contribution >= 0.6 is 0 Å². The molecule has 1 aliphatic rings. The van der Waals surface area contributed by atoms with E-state index >= 15 is 0 Å². The Morgan fingerprint density at radius 2 is 1.94 bits per heavy atom. The summed E-state index contributed by atoms with van der Waals surface area (Å²) in [6.45, 7) is 3.93. The molecule has 1 saturated heterocycles. The fourth-order valence-corrected chi connectivity index (χ4v) is 2.72. The highest BCUT2D eigenvalue weighted by Gasteiger charge is 2.37. The van der Waals surface area contributed by atoms with Crippen LogP contribution in [0.5, 0.6) is 0 Å². The van der Waals surface area contributed by atoms with E-state index in [1.807, 2.05) is 18.2 Å². The van der Waals surface area contributed by atoms with Gasteiger partial charge in [-0.3, -0.25) is 4.90 Å². The van der Waals surface area contributed by atoms with Crippen LogP contribution in [0.1, 0.15) is 31.7 Å². The van der Waals surface area contributed by atoms with E-state index in [9.17, 15) is 5.26 Å². The Kier molecular flexibility index (Phi) is 4.00. The van der Waals surface area contributed by atoms with Crippen LogP contribution < -0.4 is 5.73 Å². The summed E-state index contributed by atoms with van der Waals surface area (Å²) in [4.78, 5) is 2.29. The molecular weight excluding hydrogens is 222 g/mol. The number of likely N-dealkylation sites (tertiary alicyclic amines) is 1. The smallest absolute Gasteiger partial charge is 0.0846 e. The van der Waals surface area contributed by atoms with Crippen LogP contribution in [0.15, 0.2) is 30.3 Å². The fraction of sp³-hybridized carbons (Fsp3) is 0.533. The molecular formula is C15H21N3. The number of benzene rings is 1. The highest BCUT2D eigenvalue weighted by molar-refractivity contribution is 5.33. The summed E-state index contributed by atoms with van der Waals surface area (Å²) >= 11 is 0. The third kappa shape index (κ3) is 2.40. The predicted octanol–water partition coefficient (Wildman–Crippen LogP) is 2.24. The van der Waals surface area contributed by atoms with E-state index in [1.165, 1.54) is 0 Å². The third-order valence-corrected chi connectivity index (χ3v) is 4.08. The molecule has 96 valence electrons. The van der Waals surface area contributed by atoms with Gasteiger partial charge in [0.15, 0.2) is 0 Å². The third-order valence-electron chi connectivity index (χ3n) is 4.08. The summed E-state index contributed by atoms with van der Waals surface area (Å²) in [6, 6.07) is 12.7. The van der Waals surface area contributed by atoms with Gasteiger partial charge < -0.3 is 5.73 Å². The van der Waals surface area contributed by atoms with Gasteiger partial charge in [0.05, 0.1) is 17.6 Å². The quantitative estimate of drug-likeness (QED) is 0.885. The van der Waals surface area contributed by atoms with E-state index in [0.29, 0.717) is 0 Å². The first-order valence-corrected chi connectivity index (χ1v) is 6.68. The maximum Gasteiger partial charge on any atom is 0.0846 e. The Hall–Kier alpha value is -1.37. The zero-order chi connectivity index (χ0) is 13.0. The summed E-state index contributed by atoms with van der Waals surface area (Å²) in [5.74, 6) is 0. The van der Waals surface area contributed by atoms with E-state index in [2.05, 4.69) is 30.0 Å². The Bertz CT molecular complexity index is 413. The summed E-state index contributed by atoms with van der Waals surface area (Å²) in [6.07, 6.45) is 2.85. The van der Waals surface area contributed by atoms with Crippen molar-refractivity contribution in [3.8, 4) is 6.07 Å². The molecule has 2 N–H and O–H groups in total. The molecule has 3 nitrogen and oxygen atoms in total. The van der Waals surface area contributed by atoms with Gasteiger partial charge in [0.1, 0.15) is 0 Å². The molecule has 0 aliphatic carbocycles. The zero-order valence-corrected chi connectivity index (χ0v) is 11.0. The van der Waals surface area contributed by atoms with Gasteiger partial charge in [0.2, 0.25) is 0 Å². The lowest BCUT2D eigenvalue weighted by atomic mass is 9.74. The summed E-state index contributed by atoms with van der Waals surface area (Å²) in [5.41, 5.74) is 6.90. The van der Waals surface area contributed by atoms with Crippen molar-refractivity contribution in [3.05, 3.63) is 35.9 Å². The molecule has 2 rings (SSSR count). The molecule has 0 bridgehead atoms. The predicted molar refractivity (Wildman–Crippen MR) is 72.8 cm³/mol. The fourth-order valence-electron chi connectivity index (χ4n) is 2.72. The van der Waals surface area contributed by atoms with Crippen LogP contribution in [-0.2, 0) is 5.41 Å². The molecule has 0 amide bonds. The number of nitrogens with zero attached hydrogens (tertiary/aromatic N) is 2. The maximum atomic E-state index is 9.58. The second-order valence-corrected chi connectivity index (χ2v) is 5.07. The van der Waals surface area contributed by atoms with Crippen molar-refractivity contribution in [1.82, 2.24) is 4.90 Å². The first-order chi connectivity index (χ1) is 8.72. The normalized spacial score (nSPS) is 21.2. The Balaban J connectivity index is 2.13. The van der Waals surface area contributed by atoms with E-state index in [-0.39, 0.29) is 11.6 Å². The van der Waals surface area contributed by atoms with Crippen LogP contribution in [0.25, 0.3) is 0 Å². The molecule has 1 atom stereocenters. The molecule has 1 aromatic rings. The minimum Gasteiger partial charge on any atom is -0.316 e. The Labute approximate surface area is 109 Å². The van der Waals surface area contributed by atoms with E-state index < -0.39 is 0 Å². The first-order valence-electron chi connectivity index (χ1n) is 6.68. The highest BCUT2D eigenvalue weighted by Crippen LogP contribution is 2.35. The van der Waals surface area contributed by atoms with Gasteiger partial charge in [0, 0.05) is 13.1 Å². The van der Waals surface area contributed by atoms with E-state index in [0.717, 1.165) is 37.9 Å². The molecule has 1 fully saturated rings. The van der Waals surface area contributed by atoms with Gasteiger partial charge in [-0.25, -0.2) is 0 Å². The van der Waals surface area contributed by atoms with Crippen molar-refractivity contribution >= 4 is 0 Å². The molecule has 0 saturated carbocycles. The van der Waals surface area contributed by atoms with Crippen LogP contribution in [0.4, 0.5) is 0 Å². The number of nitriles is 1. The van der Waals surface area contributed by atoms with Crippen molar-refractivity contribution < 1.29 is 0 Å². The van der Waals surface area contributed by atoms with Gasteiger partial charge in [-0.05, 0) is 24.8 Å². The Morgan fingerprint density at radius 1 is 1.33 bits per heavy atom. The number of hydrogen-bond donors (Lipinski definition) is 1. The highest BCUT2D eigenvalue weighted by atomic mass is 15.2. The Morgan fingerprint density at radius 3 is 2.44 bits per heavy atom. The molecule has 1 heterocycles. The molecule has 1 aromatic carbocycles. The number of hydrogen-bond acceptors (Lipinski definition) is 3. The minimum atomic E-state index is -0.314. The summed E-state index contributed by atoms with van der Waals surface area (Å²) in [7, 11) is 0. The van der Waals surface area contributed by atoms with Crippen LogP contribution in [0.3, 0.4) is 0 Å². The van der Waals surface area contributed by atoms with Crippen molar-refractivity contribution in [1.29, 1.82) is 5.26 Å². The summed E-state index contributed by atoms with van der Waals surface area (Å²) in [5, 5.41) is 9.58. The number of rotatable bonds is 3. The SMILES string of the molecule is CCC(N)N1CCC(C#N)(c2ccccc2)CC1. The second-order valence-electron chi connectivity index (χ2n) is 5.07. The van der Waals surface area contributed by atoms with Crippen LogP contribution in [-0.4, -0.2) is 24.2 Å². The second kappa shape index (κ2) is 5.51. The molecule has 1 unspecified atom stereocenters. The van der Waals surface area contributed by atoms with Gasteiger partial charge in [-0.2, -0.15) is 5.26 Å². The zero-order valence-electron chi connectivity index (χ0n) is 11.0. The van der Waals surface area contributed by atoms with Crippen LogP contribution in [0, 0.1) is 11.3 Å². The van der Waals surface area contributed by atoms with Crippen molar-refractivity contribution in [2.45, 2.75) is 37.8 Å². The van der Waals surface area contributed by atoms with Crippen molar-refractivity contribution in [2.75, 3.05) is 13.1 Å². The van der Waals surface area contributed by atoms with Crippen molar-refractivity contribution in [2.24, 2.45) is 5.73 Å². The molecule has 18 heavy (non-hydrogen) atoms. The molecule has 3 heteroatoms. The lowest BCUT2D eigenvalue weighted by molar-refractivity contribution is 0.133. The first kappa shape index (κ1) is 13.1. The van der Waals surface area contributed by atoms with E-state index in [1.54, 1.807) is 0 Å². The van der Waals surface area contributed by atoms with Crippen LogP contribution in [0.2, 0.25) is 0 Å². The molecule has 0 radical (unpaired) electrons. The van der Waals surface area contributed by atoms with Gasteiger partial charge in [-0.15, -0.1) is 0 Å². The van der Waals surface area contributed by atoms with Gasteiger partial charge in [0.25, 0.3) is 0 Å². The average Bonchev–Trinajstić information content (AvgIpc) is 2.47. The lowest BCUT2D eigenvalue weighted by Crippen LogP contribution is -2.49. The van der Waals surface area contributed by atoms with E-state index in [4.69, 9.17) is 5.73 Å². The largest absolute Gasteiger partial charge is 0.316 e. The molecule has 0 aromatic heterocycles. The monoisotopic (exact) mass is 243 g/mol. The minimum absolute atomic E-state index is 0.137. The number of nitrogens with two attached hydrogens (primary N) is 1. The molecule has 1 aliphatic heterocycles. The van der Waals surface area contributed by atoms with Gasteiger partial charge >= 0.3 is 0 Å². The van der Waals surface area contributed by atoms with Gasteiger partial charge in [-0.1, -0.05) is 37.3 Å².